The van der Waals surface area contributed by atoms with E-state index in [1.54, 1.807) is 11.6 Å². The van der Waals surface area contributed by atoms with E-state index in [0.717, 1.165) is 6.07 Å². The lowest BCUT2D eigenvalue weighted by Crippen LogP contribution is -2.20. The Morgan fingerprint density at radius 1 is 1.40 bits per heavy atom. The van der Waals surface area contributed by atoms with Crippen molar-refractivity contribution in [3.05, 3.63) is 40.9 Å². The van der Waals surface area contributed by atoms with Crippen LogP contribution >= 0.6 is 23.1 Å². The van der Waals surface area contributed by atoms with Gasteiger partial charge in [-0.1, -0.05) is 16.9 Å². The summed E-state index contributed by atoms with van der Waals surface area (Å²) in [6.45, 7) is 0. The van der Waals surface area contributed by atoms with E-state index in [1.165, 1.54) is 35.2 Å². The number of hydrogen-bond donors (Lipinski definition) is 2. The Balaban J connectivity index is 2.43. The molecule has 2 aromatic rings. The summed E-state index contributed by atoms with van der Waals surface area (Å²) in [4.78, 5) is 4.55. The van der Waals surface area contributed by atoms with Crippen molar-refractivity contribution >= 4 is 28.9 Å². The molecule has 9 heteroatoms. The summed E-state index contributed by atoms with van der Waals surface area (Å²) in [6.07, 6.45) is -2.98. The second-order valence-corrected chi connectivity index (χ2v) is 5.81. The first kappa shape index (κ1) is 14.7. The molecule has 0 aliphatic rings. The maximum atomic E-state index is 12.8. The van der Waals surface area contributed by atoms with Gasteiger partial charge in [0.15, 0.2) is 10.2 Å². The fourth-order valence-corrected chi connectivity index (χ4v) is 3.10. The zero-order valence-corrected chi connectivity index (χ0v) is 11.4. The van der Waals surface area contributed by atoms with Gasteiger partial charge in [0.05, 0.1) is 5.56 Å². The second-order valence-electron chi connectivity index (χ2n) is 3.59. The van der Waals surface area contributed by atoms with Gasteiger partial charge < -0.3 is 10.9 Å². The van der Waals surface area contributed by atoms with Gasteiger partial charge in [0.2, 0.25) is 0 Å². The summed E-state index contributed by atoms with van der Waals surface area (Å²) >= 11 is 2.57. The van der Waals surface area contributed by atoms with Crippen LogP contribution in [0.4, 0.5) is 13.2 Å². The summed E-state index contributed by atoms with van der Waals surface area (Å²) < 4.78 is 39.2. The van der Waals surface area contributed by atoms with Crippen LogP contribution in [-0.2, 0) is 6.18 Å². The molecule has 1 heterocycles. The molecule has 1 aromatic heterocycles. The van der Waals surface area contributed by atoms with Gasteiger partial charge in [0.1, 0.15) is 0 Å². The van der Waals surface area contributed by atoms with Gasteiger partial charge in [-0.25, -0.2) is 4.98 Å². The van der Waals surface area contributed by atoms with Crippen molar-refractivity contribution in [1.29, 1.82) is 0 Å². The number of rotatable bonds is 3. The smallest absolute Gasteiger partial charge is 0.409 e. The molecule has 0 spiro atoms. The Kier molecular flexibility index (Phi) is 4.19. The summed E-state index contributed by atoms with van der Waals surface area (Å²) in [7, 11) is 0. The number of hydrogen-bond acceptors (Lipinski definition) is 5. The van der Waals surface area contributed by atoms with Crippen LogP contribution in [0.2, 0.25) is 0 Å². The number of benzene rings is 1. The van der Waals surface area contributed by atoms with E-state index in [0.29, 0.717) is 9.24 Å². The van der Waals surface area contributed by atoms with Gasteiger partial charge in [-0.3, -0.25) is 0 Å². The van der Waals surface area contributed by atoms with Crippen LogP contribution in [-0.4, -0.2) is 16.0 Å². The van der Waals surface area contributed by atoms with E-state index in [1.807, 2.05) is 0 Å². The maximum absolute atomic E-state index is 12.8. The lowest BCUT2D eigenvalue weighted by Gasteiger charge is -2.12. The molecule has 0 fully saturated rings. The van der Waals surface area contributed by atoms with Gasteiger partial charge in [0.25, 0.3) is 0 Å². The largest absolute Gasteiger partial charge is 0.417 e. The van der Waals surface area contributed by atoms with Crippen molar-refractivity contribution in [2.24, 2.45) is 10.9 Å². The number of thiazole rings is 1. The molecule has 20 heavy (non-hydrogen) atoms. The highest BCUT2D eigenvalue weighted by Crippen LogP contribution is 2.36. The molecule has 0 aliphatic carbocycles. The van der Waals surface area contributed by atoms with E-state index >= 15 is 0 Å². The standard InChI is InChI=1S/C11H8F3N3OS2/c12-11(13,14)8-2-1-6(5-7(8)9(15)17-18)20-10-16-3-4-19-10/h1-5,18H,(H2,15,17). The van der Waals surface area contributed by atoms with Gasteiger partial charge in [0, 0.05) is 22.0 Å². The highest BCUT2D eigenvalue weighted by atomic mass is 32.2. The highest BCUT2D eigenvalue weighted by Gasteiger charge is 2.34. The van der Waals surface area contributed by atoms with Crippen molar-refractivity contribution in [2.45, 2.75) is 15.4 Å². The molecule has 0 radical (unpaired) electrons. The molecular weight excluding hydrogens is 311 g/mol. The first-order valence-corrected chi connectivity index (χ1v) is 6.88. The minimum Gasteiger partial charge on any atom is -0.409 e. The summed E-state index contributed by atoms with van der Waals surface area (Å²) in [5, 5.41) is 13.0. The van der Waals surface area contributed by atoms with E-state index < -0.39 is 17.6 Å². The van der Waals surface area contributed by atoms with Crippen molar-refractivity contribution in [2.75, 3.05) is 0 Å². The topological polar surface area (TPSA) is 71.5 Å². The average Bonchev–Trinajstić information content (AvgIpc) is 2.89. The molecule has 0 saturated heterocycles. The third-order valence-electron chi connectivity index (χ3n) is 2.29. The predicted molar refractivity (Wildman–Crippen MR) is 70.2 cm³/mol. The normalized spacial score (nSPS) is 12.7. The van der Waals surface area contributed by atoms with Crippen LogP contribution in [0.3, 0.4) is 0 Å². The molecule has 0 saturated carbocycles. The molecule has 2 rings (SSSR count). The third kappa shape index (κ3) is 3.23. The minimum absolute atomic E-state index is 0.360. The first-order valence-electron chi connectivity index (χ1n) is 5.18. The Hall–Kier alpha value is -1.74. The van der Waals surface area contributed by atoms with Crippen LogP contribution < -0.4 is 5.73 Å². The van der Waals surface area contributed by atoms with Crippen molar-refractivity contribution in [3.63, 3.8) is 0 Å². The molecule has 0 aliphatic heterocycles. The average molecular weight is 319 g/mol. The van der Waals surface area contributed by atoms with Crippen molar-refractivity contribution in [1.82, 2.24) is 4.98 Å². The number of amidine groups is 1. The number of nitrogens with two attached hydrogens (primary N) is 1. The number of halogens is 3. The lowest BCUT2D eigenvalue weighted by molar-refractivity contribution is -0.137. The lowest BCUT2D eigenvalue weighted by atomic mass is 10.1. The van der Waals surface area contributed by atoms with Crippen LogP contribution in [0.1, 0.15) is 11.1 Å². The molecule has 0 amide bonds. The molecule has 4 nitrogen and oxygen atoms in total. The van der Waals surface area contributed by atoms with E-state index in [9.17, 15) is 13.2 Å². The Bertz CT molecular complexity index is 626. The van der Waals surface area contributed by atoms with Gasteiger partial charge in [-0.15, -0.1) is 11.3 Å². The molecular formula is C11H8F3N3OS2. The SMILES string of the molecule is N/C(=N/O)c1cc(Sc2nccs2)ccc1C(F)(F)F. The number of nitrogens with zero attached hydrogens (tertiary/aromatic N) is 2. The molecule has 106 valence electrons. The maximum Gasteiger partial charge on any atom is 0.417 e. The Morgan fingerprint density at radius 2 is 2.15 bits per heavy atom. The zero-order chi connectivity index (χ0) is 14.8. The Labute approximate surface area is 120 Å². The van der Waals surface area contributed by atoms with Crippen molar-refractivity contribution in [3.8, 4) is 0 Å². The molecule has 0 unspecified atom stereocenters. The van der Waals surface area contributed by atoms with Crippen LogP contribution in [0.25, 0.3) is 0 Å². The van der Waals surface area contributed by atoms with Crippen LogP contribution in [0.5, 0.6) is 0 Å². The third-order valence-corrected chi connectivity index (χ3v) is 4.17. The van der Waals surface area contributed by atoms with E-state index in [2.05, 4.69) is 10.1 Å². The van der Waals surface area contributed by atoms with Crippen molar-refractivity contribution < 1.29 is 18.4 Å². The quantitative estimate of drug-likeness (QED) is 0.394. The molecule has 1 aromatic carbocycles. The van der Waals surface area contributed by atoms with Gasteiger partial charge in [-0.05, 0) is 18.2 Å². The Morgan fingerprint density at radius 3 is 2.70 bits per heavy atom. The van der Waals surface area contributed by atoms with E-state index in [-0.39, 0.29) is 5.56 Å². The fraction of sp³-hybridized carbons (Fsp3) is 0.0909. The summed E-state index contributed by atoms with van der Waals surface area (Å²) in [5.74, 6) is -0.584. The highest BCUT2D eigenvalue weighted by molar-refractivity contribution is 8.01. The number of oxime groups is 1. The monoisotopic (exact) mass is 319 g/mol. The zero-order valence-electron chi connectivity index (χ0n) is 9.76. The second kappa shape index (κ2) is 5.71. The predicted octanol–water partition coefficient (Wildman–Crippen LogP) is 3.41. The molecule has 0 bridgehead atoms. The number of alkyl halides is 3. The molecule has 0 atom stereocenters. The first-order chi connectivity index (χ1) is 9.41. The minimum atomic E-state index is -4.57. The van der Waals surface area contributed by atoms with Crippen LogP contribution in [0.15, 0.2) is 44.2 Å². The van der Waals surface area contributed by atoms with Crippen LogP contribution in [0, 0.1) is 0 Å². The summed E-state index contributed by atoms with van der Waals surface area (Å²) in [5.41, 5.74) is 4.00. The fourth-order valence-electron chi connectivity index (χ4n) is 1.46. The van der Waals surface area contributed by atoms with E-state index in [4.69, 9.17) is 10.9 Å². The van der Waals surface area contributed by atoms with Gasteiger partial charge >= 0.3 is 6.18 Å². The molecule has 3 N–H and O–H groups in total. The number of aromatic nitrogens is 1. The van der Waals surface area contributed by atoms with Gasteiger partial charge in [-0.2, -0.15) is 13.2 Å². The summed E-state index contributed by atoms with van der Waals surface area (Å²) in [6, 6.07) is 3.45.